The standard InChI is InChI=1S/C25H29N5O3/c1-2-28(21-9-5-3-6-10-21)24(32)17-19-12-14-20(15-13-19)26-23(31)18-30-25(33)29-16-8-4-7-11-22(29)27-30/h3,5-6,9-10,12-15H,2,4,7-8,11,16-18H2,1H3,(H,26,31). The van der Waals surface area contributed by atoms with E-state index in [0.717, 1.165) is 42.8 Å². The Balaban J connectivity index is 1.35. The van der Waals surface area contributed by atoms with Crippen LogP contribution in [0, 0.1) is 0 Å². The van der Waals surface area contributed by atoms with E-state index in [1.807, 2.05) is 49.4 Å². The van der Waals surface area contributed by atoms with Crippen molar-refractivity contribution in [3.8, 4) is 0 Å². The summed E-state index contributed by atoms with van der Waals surface area (Å²) in [4.78, 5) is 39.5. The molecule has 1 aliphatic rings. The molecule has 2 amide bonds. The molecule has 172 valence electrons. The highest BCUT2D eigenvalue weighted by molar-refractivity contribution is 5.95. The zero-order chi connectivity index (χ0) is 23.2. The van der Waals surface area contributed by atoms with Crippen molar-refractivity contribution in [3.63, 3.8) is 0 Å². The Hall–Kier alpha value is -3.68. The lowest BCUT2D eigenvalue weighted by Gasteiger charge is -2.21. The van der Waals surface area contributed by atoms with Crippen molar-refractivity contribution in [1.29, 1.82) is 0 Å². The Bertz CT molecular complexity index is 1170. The van der Waals surface area contributed by atoms with E-state index in [1.54, 1.807) is 21.6 Å². The molecular formula is C25H29N5O3. The summed E-state index contributed by atoms with van der Waals surface area (Å²) >= 11 is 0. The number of rotatable bonds is 7. The molecule has 0 spiro atoms. The summed E-state index contributed by atoms with van der Waals surface area (Å²) in [6.45, 7) is 3.08. The second-order valence-electron chi connectivity index (χ2n) is 8.21. The van der Waals surface area contributed by atoms with Crippen LogP contribution >= 0.6 is 0 Å². The van der Waals surface area contributed by atoms with Gasteiger partial charge in [0.05, 0.1) is 6.42 Å². The Morgan fingerprint density at radius 2 is 1.79 bits per heavy atom. The third-order valence-corrected chi connectivity index (χ3v) is 5.85. The molecular weight excluding hydrogens is 418 g/mol. The van der Waals surface area contributed by atoms with Gasteiger partial charge in [-0.25, -0.2) is 9.48 Å². The predicted molar refractivity (Wildman–Crippen MR) is 127 cm³/mol. The number of anilines is 2. The fourth-order valence-corrected chi connectivity index (χ4v) is 4.15. The molecule has 0 atom stereocenters. The Morgan fingerprint density at radius 3 is 2.52 bits per heavy atom. The first kappa shape index (κ1) is 22.5. The molecule has 8 nitrogen and oxygen atoms in total. The monoisotopic (exact) mass is 447 g/mol. The molecule has 2 heterocycles. The van der Waals surface area contributed by atoms with Crippen LogP contribution in [0.15, 0.2) is 59.4 Å². The van der Waals surface area contributed by atoms with Gasteiger partial charge in [-0.1, -0.05) is 36.8 Å². The van der Waals surface area contributed by atoms with E-state index >= 15 is 0 Å². The van der Waals surface area contributed by atoms with E-state index in [1.165, 1.54) is 4.68 Å². The number of para-hydroxylation sites is 1. The van der Waals surface area contributed by atoms with Crippen LogP contribution in [0.3, 0.4) is 0 Å². The lowest BCUT2D eigenvalue weighted by atomic mass is 10.1. The van der Waals surface area contributed by atoms with Crippen molar-refractivity contribution in [2.75, 3.05) is 16.8 Å². The number of nitrogens with zero attached hydrogens (tertiary/aromatic N) is 4. The molecule has 1 aromatic heterocycles. The molecule has 33 heavy (non-hydrogen) atoms. The van der Waals surface area contributed by atoms with Gasteiger partial charge >= 0.3 is 5.69 Å². The van der Waals surface area contributed by atoms with E-state index in [2.05, 4.69) is 10.4 Å². The Labute approximate surface area is 192 Å². The van der Waals surface area contributed by atoms with Crippen molar-refractivity contribution < 1.29 is 9.59 Å². The summed E-state index contributed by atoms with van der Waals surface area (Å²) in [5, 5.41) is 7.16. The largest absolute Gasteiger partial charge is 0.346 e. The zero-order valence-corrected chi connectivity index (χ0v) is 18.9. The number of hydrogen-bond donors (Lipinski definition) is 1. The molecule has 0 unspecified atom stereocenters. The average molecular weight is 448 g/mol. The summed E-state index contributed by atoms with van der Waals surface area (Å²) < 4.78 is 2.92. The fourth-order valence-electron chi connectivity index (χ4n) is 4.15. The molecule has 0 saturated carbocycles. The molecule has 0 bridgehead atoms. The van der Waals surface area contributed by atoms with Crippen molar-refractivity contribution >= 4 is 23.2 Å². The first-order valence-corrected chi connectivity index (χ1v) is 11.5. The summed E-state index contributed by atoms with van der Waals surface area (Å²) in [7, 11) is 0. The van der Waals surface area contributed by atoms with Crippen LogP contribution in [-0.4, -0.2) is 32.7 Å². The summed E-state index contributed by atoms with van der Waals surface area (Å²) in [6, 6.07) is 16.8. The molecule has 0 saturated heterocycles. The van der Waals surface area contributed by atoms with Crippen molar-refractivity contribution in [2.24, 2.45) is 0 Å². The van der Waals surface area contributed by atoms with Gasteiger partial charge in [-0.05, 0) is 49.6 Å². The molecule has 8 heteroatoms. The van der Waals surface area contributed by atoms with E-state index in [9.17, 15) is 14.4 Å². The zero-order valence-electron chi connectivity index (χ0n) is 18.9. The highest BCUT2D eigenvalue weighted by Crippen LogP contribution is 2.16. The lowest BCUT2D eigenvalue weighted by Crippen LogP contribution is -2.31. The normalized spacial score (nSPS) is 13.1. The molecule has 1 N–H and O–H groups in total. The first-order valence-electron chi connectivity index (χ1n) is 11.5. The number of carbonyl (C=O) groups excluding carboxylic acids is 2. The number of fused-ring (bicyclic) bond motifs is 1. The minimum absolute atomic E-state index is 0.0133. The van der Waals surface area contributed by atoms with E-state index in [0.29, 0.717) is 18.8 Å². The van der Waals surface area contributed by atoms with Crippen LogP contribution in [-0.2, 0) is 35.5 Å². The molecule has 0 fully saturated rings. The highest BCUT2D eigenvalue weighted by atomic mass is 16.2. The van der Waals surface area contributed by atoms with Crippen molar-refractivity contribution in [3.05, 3.63) is 76.5 Å². The number of aryl methyl sites for hydroxylation is 1. The fraction of sp³-hybridized carbons (Fsp3) is 0.360. The van der Waals surface area contributed by atoms with Crippen LogP contribution in [0.5, 0.6) is 0 Å². The summed E-state index contributed by atoms with van der Waals surface area (Å²) in [5.41, 5.74) is 2.12. The Morgan fingerprint density at radius 1 is 1.03 bits per heavy atom. The molecule has 0 aliphatic carbocycles. The second-order valence-corrected chi connectivity index (χ2v) is 8.21. The van der Waals surface area contributed by atoms with Gasteiger partial charge in [-0.15, -0.1) is 0 Å². The minimum atomic E-state index is -0.310. The maximum absolute atomic E-state index is 12.8. The third kappa shape index (κ3) is 5.39. The number of benzene rings is 2. The first-order chi connectivity index (χ1) is 16.0. The molecule has 4 rings (SSSR count). The van der Waals surface area contributed by atoms with Gasteiger partial charge in [0.2, 0.25) is 11.8 Å². The number of aromatic nitrogens is 3. The van der Waals surface area contributed by atoms with Crippen LogP contribution in [0.4, 0.5) is 11.4 Å². The Kier molecular flexibility index (Phi) is 7.02. The van der Waals surface area contributed by atoms with E-state index in [-0.39, 0.29) is 30.5 Å². The summed E-state index contributed by atoms with van der Waals surface area (Å²) in [5.74, 6) is 0.464. The van der Waals surface area contributed by atoms with Crippen LogP contribution < -0.4 is 15.9 Å². The van der Waals surface area contributed by atoms with Gasteiger partial charge in [0.25, 0.3) is 0 Å². The van der Waals surface area contributed by atoms with Crippen molar-refractivity contribution in [1.82, 2.24) is 14.3 Å². The SMILES string of the molecule is CCN(C(=O)Cc1ccc(NC(=O)Cn2nc3n(c2=O)CCCCC3)cc1)c1ccccc1. The smallest absolute Gasteiger partial charge is 0.324 e. The van der Waals surface area contributed by atoms with Crippen LogP contribution in [0.1, 0.15) is 37.6 Å². The topological polar surface area (TPSA) is 89.2 Å². The minimum Gasteiger partial charge on any atom is -0.324 e. The predicted octanol–water partition coefficient (Wildman–Crippen LogP) is 3.01. The van der Waals surface area contributed by atoms with Gasteiger partial charge < -0.3 is 10.2 Å². The van der Waals surface area contributed by atoms with Crippen molar-refractivity contribution in [2.45, 2.75) is 52.1 Å². The summed E-state index contributed by atoms with van der Waals surface area (Å²) in [6.07, 6.45) is 4.10. The lowest BCUT2D eigenvalue weighted by molar-refractivity contribution is -0.118. The van der Waals surface area contributed by atoms with Crippen LogP contribution in [0.2, 0.25) is 0 Å². The average Bonchev–Trinajstić information content (AvgIpc) is 2.97. The number of nitrogens with one attached hydrogen (secondary N) is 1. The van der Waals surface area contributed by atoms with Gasteiger partial charge in [-0.3, -0.25) is 14.2 Å². The van der Waals surface area contributed by atoms with Gasteiger partial charge in [-0.2, -0.15) is 5.10 Å². The van der Waals surface area contributed by atoms with E-state index < -0.39 is 0 Å². The van der Waals surface area contributed by atoms with Crippen LogP contribution in [0.25, 0.3) is 0 Å². The van der Waals surface area contributed by atoms with Gasteiger partial charge in [0.15, 0.2) is 0 Å². The highest BCUT2D eigenvalue weighted by Gasteiger charge is 2.18. The number of amides is 2. The second kappa shape index (κ2) is 10.3. The maximum Gasteiger partial charge on any atom is 0.346 e. The maximum atomic E-state index is 12.8. The number of likely N-dealkylation sites (N-methyl/N-ethyl adjacent to an activating group) is 1. The quantitative estimate of drug-likeness (QED) is 0.603. The number of hydrogen-bond acceptors (Lipinski definition) is 4. The molecule has 0 radical (unpaired) electrons. The van der Waals surface area contributed by atoms with Gasteiger partial charge in [0, 0.05) is 30.9 Å². The number of carbonyl (C=O) groups is 2. The molecule has 2 aromatic carbocycles. The molecule has 1 aliphatic heterocycles. The van der Waals surface area contributed by atoms with Gasteiger partial charge in [0.1, 0.15) is 12.4 Å². The molecule has 3 aromatic rings. The third-order valence-electron chi connectivity index (χ3n) is 5.85. The van der Waals surface area contributed by atoms with E-state index in [4.69, 9.17) is 0 Å².